The molecule has 0 spiro atoms. The molecule has 102 valence electrons. The van der Waals surface area contributed by atoms with Crippen LogP contribution < -0.4 is 0 Å². The van der Waals surface area contributed by atoms with Gasteiger partial charge in [-0.25, -0.2) is 0 Å². The molecule has 1 saturated heterocycles. The van der Waals surface area contributed by atoms with Crippen molar-refractivity contribution in [2.45, 2.75) is 77.1 Å². The SMILES string of the molecule is CC1(C)OCC(CCCCCCCCCCl)O1. The van der Waals surface area contributed by atoms with Crippen molar-refractivity contribution in [1.29, 1.82) is 0 Å². The quantitative estimate of drug-likeness (QED) is 0.450. The summed E-state index contributed by atoms with van der Waals surface area (Å²) in [4.78, 5) is 0. The van der Waals surface area contributed by atoms with Gasteiger partial charge in [0.15, 0.2) is 5.79 Å². The normalized spacial score (nSPS) is 23.1. The van der Waals surface area contributed by atoms with Crippen LogP contribution in [-0.4, -0.2) is 24.4 Å². The molecule has 0 saturated carbocycles. The average molecular weight is 263 g/mol. The monoisotopic (exact) mass is 262 g/mol. The molecule has 1 aliphatic heterocycles. The highest BCUT2D eigenvalue weighted by molar-refractivity contribution is 6.17. The molecule has 0 aromatic carbocycles. The summed E-state index contributed by atoms with van der Waals surface area (Å²) in [6.07, 6.45) is 10.5. The van der Waals surface area contributed by atoms with Crippen LogP contribution in [0.15, 0.2) is 0 Å². The van der Waals surface area contributed by atoms with Gasteiger partial charge in [0.25, 0.3) is 0 Å². The molecule has 1 rings (SSSR count). The van der Waals surface area contributed by atoms with Gasteiger partial charge in [-0.15, -0.1) is 11.6 Å². The Balaban J connectivity index is 1.85. The van der Waals surface area contributed by atoms with Gasteiger partial charge in [0, 0.05) is 5.88 Å². The molecule has 0 radical (unpaired) electrons. The largest absolute Gasteiger partial charge is 0.348 e. The van der Waals surface area contributed by atoms with E-state index in [4.69, 9.17) is 21.1 Å². The Kier molecular flexibility index (Phi) is 7.49. The third kappa shape index (κ3) is 7.28. The van der Waals surface area contributed by atoms with Gasteiger partial charge in [-0.3, -0.25) is 0 Å². The van der Waals surface area contributed by atoms with Gasteiger partial charge in [0.05, 0.1) is 12.7 Å². The number of hydrogen-bond donors (Lipinski definition) is 0. The lowest BCUT2D eigenvalue weighted by Crippen LogP contribution is -2.21. The fourth-order valence-corrected chi connectivity index (χ4v) is 2.44. The van der Waals surface area contributed by atoms with E-state index in [1.54, 1.807) is 0 Å². The van der Waals surface area contributed by atoms with Crippen molar-refractivity contribution in [3.63, 3.8) is 0 Å². The van der Waals surface area contributed by atoms with Crippen LogP contribution in [0.2, 0.25) is 0 Å². The highest BCUT2D eigenvalue weighted by atomic mass is 35.5. The summed E-state index contributed by atoms with van der Waals surface area (Å²) in [6, 6.07) is 0. The first-order chi connectivity index (χ1) is 8.14. The van der Waals surface area contributed by atoms with Crippen LogP contribution in [-0.2, 0) is 9.47 Å². The lowest BCUT2D eigenvalue weighted by atomic mass is 10.1. The summed E-state index contributed by atoms with van der Waals surface area (Å²) < 4.78 is 11.3. The second-order valence-electron chi connectivity index (χ2n) is 5.40. The molecule has 1 unspecified atom stereocenters. The second-order valence-corrected chi connectivity index (χ2v) is 5.78. The van der Waals surface area contributed by atoms with Crippen LogP contribution in [0.25, 0.3) is 0 Å². The molecule has 0 aromatic rings. The molecule has 0 aliphatic carbocycles. The number of alkyl halides is 1. The summed E-state index contributed by atoms with van der Waals surface area (Å²) in [5.41, 5.74) is 0. The Morgan fingerprint density at radius 2 is 1.59 bits per heavy atom. The molecule has 17 heavy (non-hydrogen) atoms. The fraction of sp³-hybridized carbons (Fsp3) is 1.00. The maximum atomic E-state index is 5.77. The van der Waals surface area contributed by atoms with E-state index in [2.05, 4.69) is 0 Å². The van der Waals surface area contributed by atoms with E-state index in [1.807, 2.05) is 13.8 Å². The van der Waals surface area contributed by atoms with E-state index in [0.29, 0.717) is 6.10 Å². The first kappa shape index (κ1) is 15.3. The molecule has 0 N–H and O–H groups in total. The van der Waals surface area contributed by atoms with E-state index in [-0.39, 0.29) is 5.79 Å². The molecule has 1 atom stereocenters. The topological polar surface area (TPSA) is 18.5 Å². The standard InChI is InChI=1S/C14H27ClO2/c1-14(2)16-12-13(17-14)10-8-6-4-3-5-7-9-11-15/h13H,3-12H2,1-2H3. The molecule has 3 heteroatoms. The van der Waals surface area contributed by atoms with Crippen molar-refractivity contribution < 1.29 is 9.47 Å². The van der Waals surface area contributed by atoms with Crippen LogP contribution in [0, 0.1) is 0 Å². The number of halogens is 1. The van der Waals surface area contributed by atoms with E-state index < -0.39 is 0 Å². The van der Waals surface area contributed by atoms with Gasteiger partial charge in [0.1, 0.15) is 0 Å². The minimum atomic E-state index is -0.355. The highest BCUT2D eigenvalue weighted by Gasteiger charge is 2.31. The summed E-state index contributed by atoms with van der Waals surface area (Å²) in [5.74, 6) is 0.459. The van der Waals surface area contributed by atoms with Crippen molar-refractivity contribution in [3.8, 4) is 0 Å². The summed E-state index contributed by atoms with van der Waals surface area (Å²) in [7, 11) is 0. The smallest absolute Gasteiger partial charge is 0.163 e. The van der Waals surface area contributed by atoms with E-state index in [9.17, 15) is 0 Å². The summed E-state index contributed by atoms with van der Waals surface area (Å²) in [6.45, 7) is 4.75. The van der Waals surface area contributed by atoms with E-state index in [0.717, 1.165) is 18.9 Å². The third-order valence-electron chi connectivity index (χ3n) is 3.23. The number of hydrogen-bond acceptors (Lipinski definition) is 2. The van der Waals surface area contributed by atoms with Crippen LogP contribution in [0.5, 0.6) is 0 Å². The molecular weight excluding hydrogens is 236 g/mol. The van der Waals surface area contributed by atoms with Crippen LogP contribution >= 0.6 is 11.6 Å². The fourth-order valence-electron chi connectivity index (χ4n) is 2.26. The van der Waals surface area contributed by atoms with Crippen LogP contribution in [0.4, 0.5) is 0 Å². The molecule has 0 aromatic heterocycles. The molecule has 1 fully saturated rings. The lowest BCUT2D eigenvalue weighted by molar-refractivity contribution is -0.139. The van der Waals surface area contributed by atoms with Crippen LogP contribution in [0.1, 0.15) is 65.2 Å². The van der Waals surface area contributed by atoms with Gasteiger partial charge in [-0.1, -0.05) is 38.5 Å². The van der Waals surface area contributed by atoms with Crippen molar-refractivity contribution in [3.05, 3.63) is 0 Å². The van der Waals surface area contributed by atoms with Gasteiger partial charge in [-0.05, 0) is 26.7 Å². The molecule has 2 nitrogen and oxygen atoms in total. The van der Waals surface area contributed by atoms with Crippen molar-refractivity contribution >= 4 is 11.6 Å². The zero-order chi connectivity index (χ0) is 12.6. The minimum Gasteiger partial charge on any atom is -0.348 e. The zero-order valence-corrected chi connectivity index (χ0v) is 12.1. The van der Waals surface area contributed by atoms with Gasteiger partial charge >= 0.3 is 0 Å². The Bertz CT molecular complexity index is 195. The molecule has 0 bridgehead atoms. The van der Waals surface area contributed by atoms with E-state index in [1.165, 1.54) is 44.9 Å². The Morgan fingerprint density at radius 1 is 1.00 bits per heavy atom. The Labute approximate surface area is 111 Å². The molecule has 1 aliphatic rings. The van der Waals surface area contributed by atoms with Crippen molar-refractivity contribution in [1.82, 2.24) is 0 Å². The summed E-state index contributed by atoms with van der Waals surface area (Å²) in [5, 5.41) is 0. The highest BCUT2D eigenvalue weighted by Crippen LogP contribution is 2.25. The summed E-state index contributed by atoms with van der Waals surface area (Å²) >= 11 is 5.63. The average Bonchev–Trinajstić information content (AvgIpc) is 2.62. The zero-order valence-electron chi connectivity index (χ0n) is 11.3. The maximum absolute atomic E-state index is 5.77. The maximum Gasteiger partial charge on any atom is 0.163 e. The third-order valence-corrected chi connectivity index (χ3v) is 3.49. The Hall–Kier alpha value is 0.210. The van der Waals surface area contributed by atoms with Gasteiger partial charge < -0.3 is 9.47 Å². The first-order valence-electron chi connectivity index (χ1n) is 7.02. The minimum absolute atomic E-state index is 0.321. The van der Waals surface area contributed by atoms with Gasteiger partial charge in [0.2, 0.25) is 0 Å². The number of ether oxygens (including phenoxy) is 2. The van der Waals surface area contributed by atoms with Gasteiger partial charge in [-0.2, -0.15) is 0 Å². The number of rotatable bonds is 9. The van der Waals surface area contributed by atoms with Crippen LogP contribution in [0.3, 0.4) is 0 Å². The second kappa shape index (κ2) is 8.34. The molecular formula is C14H27ClO2. The molecule has 0 amide bonds. The Morgan fingerprint density at radius 3 is 2.12 bits per heavy atom. The van der Waals surface area contributed by atoms with Crippen molar-refractivity contribution in [2.75, 3.05) is 12.5 Å². The first-order valence-corrected chi connectivity index (χ1v) is 7.55. The van der Waals surface area contributed by atoms with Crippen molar-refractivity contribution in [2.24, 2.45) is 0 Å². The molecule has 1 heterocycles. The lowest BCUT2D eigenvalue weighted by Gasteiger charge is -2.16. The van der Waals surface area contributed by atoms with E-state index >= 15 is 0 Å². The predicted molar refractivity (Wildman–Crippen MR) is 72.6 cm³/mol. The number of unbranched alkanes of at least 4 members (excludes halogenated alkanes) is 6. The predicted octanol–water partition coefficient (Wildman–Crippen LogP) is 4.50.